The molecule has 1 aliphatic rings. The fourth-order valence-corrected chi connectivity index (χ4v) is 2.20. The van der Waals surface area contributed by atoms with Crippen molar-refractivity contribution in [3.8, 4) is 0 Å². The first-order chi connectivity index (χ1) is 7.81. The van der Waals surface area contributed by atoms with Crippen molar-refractivity contribution in [2.45, 2.75) is 18.8 Å². The molecule has 0 N–H and O–H groups in total. The lowest BCUT2D eigenvalue weighted by Gasteiger charge is -2.29. The van der Waals surface area contributed by atoms with Crippen molar-refractivity contribution in [3.05, 3.63) is 24.0 Å². The Balaban J connectivity index is 2.22. The van der Waals surface area contributed by atoms with Crippen LogP contribution in [0.4, 0.5) is 5.69 Å². The van der Waals surface area contributed by atoms with E-state index in [0.717, 1.165) is 31.5 Å². The molecule has 2 heterocycles. The minimum absolute atomic E-state index is 0.492. The molecule has 1 fully saturated rings. The average Bonchev–Trinajstić information content (AvgIpc) is 2.32. The van der Waals surface area contributed by atoms with Gasteiger partial charge < -0.3 is 4.90 Å². The molecule has 4 nitrogen and oxygen atoms in total. The molecular weight excluding hydrogens is 202 g/mol. The molecule has 0 unspecified atom stereocenters. The number of hydrogen-bond acceptors (Lipinski definition) is 4. The highest BCUT2D eigenvalue weighted by atomic mass is 16.1. The fraction of sp³-hybridized carbons (Fsp3) is 0.500. The molecule has 0 spiro atoms. The average molecular weight is 217 g/mol. The topological polar surface area (TPSA) is 45.6 Å². The molecule has 1 aliphatic heterocycles. The first-order valence-electron chi connectivity index (χ1n) is 5.51. The Morgan fingerprint density at radius 1 is 1.50 bits per heavy atom. The number of aromatic nitrogens is 1. The Labute approximate surface area is 95.0 Å². The van der Waals surface area contributed by atoms with Crippen molar-refractivity contribution in [2.75, 3.05) is 20.1 Å². The number of likely N-dealkylation sites (tertiary alicyclic amines) is 1. The van der Waals surface area contributed by atoms with Gasteiger partial charge in [-0.25, -0.2) is 4.79 Å². The quantitative estimate of drug-likeness (QED) is 0.561. The van der Waals surface area contributed by atoms with Gasteiger partial charge in [0.05, 0.1) is 11.9 Å². The van der Waals surface area contributed by atoms with Gasteiger partial charge in [-0.3, -0.25) is 4.98 Å². The largest absolute Gasteiger partial charge is 0.306 e. The molecular formula is C12H15N3O. The summed E-state index contributed by atoms with van der Waals surface area (Å²) in [6.07, 6.45) is 7.22. The Morgan fingerprint density at radius 2 is 2.25 bits per heavy atom. The van der Waals surface area contributed by atoms with E-state index < -0.39 is 0 Å². The zero-order chi connectivity index (χ0) is 11.4. The first-order valence-corrected chi connectivity index (χ1v) is 5.51. The van der Waals surface area contributed by atoms with Crippen molar-refractivity contribution in [3.63, 3.8) is 0 Å². The van der Waals surface area contributed by atoms with Crippen LogP contribution in [0.5, 0.6) is 0 Å². The van der Waals surface area contributed by atoms with Crippen LogP contribution in [0.15, 0.2) is 23.5 Å². The molecule has 0 aliphatic carbocycles. The minimum atomic E-state index is 0.492. The van der Waals surface area contributed by atoms with E-state index in [0.29, 0.717) is 11.6 Å². The summed E-state index contributed by atoms with van der Waals surface area (Å²) >= 11 is 0. The predicted octanol–water partition coefficient (Wildman–Crippen LogP) is 1.86. The van der Waals surface area contributed by atoms with Crippen LogP contribution >= 0.6 is 0 Å². The van der Waals surface area contributed by atoms with Crippen LogP contribution in [0.2, 0.25) is 0 Å². The van der Waals surface area contributed by atoms with E-state index in [2.05, 4.69) is 21.9 Å². The lowest BCUT2D eigenvalue weighted by molar-refractivity contribution is 0.255. The summed E-state index contributed by atoms with van der Waals surface area (Å²) in [5.41, 5.74) is 1.80. The van der Waals surface area contributed by atoms with Crippen LogP contribution in [0.1, 0.15) is 24.3 Å². The minimum Gasteiger partial charge on any atom is -0.306 e. The second kappa shape index (κ2) is 5.01. The molecule has 4 heteroatoms. The summed E-state index contributed by atoms with van der Waals surface area (Å²) in [4.78, 5) is 20.4. The number of nitrogens with zero attached hydrogens (tertiary/aromatic N) is 3. The molecule has 0 atom stereocenters. The molecule has 0 bridgehead atoms. The third-order valence-corrected chi connectivity index (χ3v) is 3.16. The summed E-state index contributed by atoms with van der Waals surface area (Å²) in [6.45, 7) is 2.19. The van der Waals surface area contributed by atoms with E-state index in [1.54, 1.807) is 18.5 Å². The number of pyridine rings is 1. The van der Waals surface area contributed by atoms with E-state index in [1.807, 2.05) is 6.07 Å². The summed E-state index contributed by atoms with van der Waals surface area (Å²) in [5, 5.41) is 0. The third kappa shape index (κ3) is 2.35. The molecule has 1 aromatic heterocycles. The normalized spacial score (nSPS) is 18.1. The van der Waals surface area contributed by atoms with Crippen LogP contribution in [0.25, 0.3) is 0 Å². The highest BCUT2D eigenvalue weighted by molar-refractivity contribution is 5.53. The number of aliphatic imine (C=N–C) groups is 1. The van der Waals surface area contributed by atoms with E-state index in [9.17, 15) is 4.79 Å². The van der Waals surface area contributed by atoms with E-state index in [1.165, 1.54) is 0 Å². The van der Waals surface area contributed by atoms with Gasteiger partial charge in [0.2, 0.25) is 6.08 Å². The number of piperidine rings is 1. The molecule has 84 valence electrons. The Kier molecular flexibility index (Phi) is 3.44. The zero-order valence-electron chi connectivity index (χ0n) is 9.39. The van der Waals surface area contributed by atoms with Gasteiger partial charge in [0.1, 0.15) is 0 Å². The predicted molar refractivity (Wildman–Crippen MR) is 61.5 cm³/mol. The monoisotopic (exact) mass is 217 g/mol. The maximum absolute atomic E-state index is 10.3. The van der Waals surface area contributed by atoms with Crippen LogP contribution in [0, 0.1) is 0 Å². The smallest absolute Gasteiger partial charge is 0.240 e. The number of hydrogen-bond donors (Lipinski definition) is 0. The highest BCUT2D eigenvalue weighted by Gasteiger charge is 2.20. The fourth-order valence-electron chi connectivity index (χ4n) is 2.20. The third-order valence-electron chi connectivity index (χ3n) is 3.16. The second-order valence-electron chi connectivity index (χ2n) is 4.22. The molecule has 16 heavy (non-hydrogen) atoms. The van der Waals surface area contributed by atoms with Crippen LogP contribution in [0.3, 0.4) is 0 Å². The molecule has 0 saturated carbocycles. The van der Waals surface area contributed by atoms with Crippen molar-refractivity contribution < 1.29 is 4.79 Å². The Hall–Kier alpha value is -1.51. The van der Waals surface area contributed by atoms with E-state index in [4.69, 9.17) is 0 Å². The molecule has 0 amide bonds. The summed E-state index contributed by atoms with van der Waals surface area (Å²) in [5.74, 6) is 0.492. The van der Waals surface area contributed by atoms with Gasteiger partial charge in [0.25, 0.3) is 0 Å². The lowest BCUT2D eigenvalue weighted by atomic mass is 9.89. The standard InChI is InChI=1S/C12H15N3O/c1-15-6-3-10(4-7-15)11-2-5-13-8-12(11)14-9-16/h2,5,8,10H,3-4,6-7H2,1H3. The van der Waals surface area contributed by atoms with Crippen molar-refractivity contribution in [1.82, 2.24) is 9.88 Å². The van der Waals surface area contributed by atoms with Gasteiger partial charge in [0, 0.05) is 6.20 Å². The Bertz CT molecular complexity index is 404. The van der Waals surface area contributed by atoms with Crippen molar-refractivity contribution in [1.29, 1.82) is 0 Å². The molecule has 0 aromatic carbocycles. The van der Waals surface area contributed by atoms with Gasteiger partial charge in [-0.1, -0.05) is 0 Å². The van der Waals surface area contributed by atoms with Crippen LogP contribution in [-0.4, -0.2) is 36.1 Å². The van der Waals surface area contributed by atoms with Crippen LogP contribution < -0.4 is 0 Å². The van der Waals surface area contributed by atoms with Crippen molar-refractivity contribution >= 4 is 11.8 Å². The number of carbonyl (C=O) groups excluding carboxylic acids is 1. The van der Waals surface area contributed by atoms with E-state index >= 15 is 0 Å². The second-order valence-corrected chi connectivity index (χ2v) is 4.22. The summed E-state index contributed by atoms with van der Waals surface area (Å²) < 4.78 is 0. The zero-order valence-corrected chi connectivity index (χ0v) is 9.39. The SMILES string of the molecule is CN1CCC(c2ccncc2N=C=O)CC1. The van der Waals surface area contributed by atoms with Gasteiger partial charge in [-0.05, 0) is 50.5 Å². The summed E-state index contributed by atoms with van der Waals surface area (Å²) in [7, 11) is 2.13. The first kappa shape index (κ1) is 11.0. The molecule has 2 rings (SSSR count). The molecule has 0 radical (unpaired) electrons. The van der Waals surface area contributed by atoms with Gasteiger partial charge in [-0.2, -0.15) is 4.99 Å². The number of rotatable bonds is 2. The maximum atomic E-state index is 10.3. The van der Waals surface area contributed by atoms with E-state index in [-0.39, 0.29) is 0 Å². The summed E-state index contributed by atoms with van der Waals surface area (Å²) in [6, 6.07) is 1.96. The number of isocyanates is 1. The van der Waals surface area contributed by atoms with Crippen LogP contribution in [-0.2, 0) is 4.79 Å². The maximum Gasteiger partial charge on any atom is 0.240 e. The molecule has 1 saturated heterocycles. The van der Waals surface area contributed by atoms with Gasteiger partial charge in [-0.15, -0.1) is 0 Å². The Morgan fingerprint density at radius 3 is 2.94 bits per heavy atom. The lowest BCUT2D eigenvalue weighted by Crippen LogP contribution is -2.29. The van der Waals surface area contributed by atoms with Crippen molar-refractivity contribution in [2.24, 2.45) is 4.99 Å². The van der Waals surface area contributed by atoms with Gasteiger partial charge >= 0.3 is 0 Å². The van der Waals surface area contributed by atoms with Gasteiger partial charge in [0.15, 0.2) is 0 Å². The molecule has 1 aromatic rings. The highest BCUT2D eigenvalue weighted by Crippen LogP contribution is 2.33.